The second kappa shape index (κ2) is 6.70. The maximum atomic E-state index is 13.6. The SMILES string of the molecule is COc1cccc(C(=O)N2N=C(c3ccc(C)cc3)CC2(O)C(F)(F)F)c1. The predicted molar refractivity (Wildman–Crippen MR) is 92.5 cm³/mol. The number of hydrazone groups is 1. The molecule has 0 saturated carbocycles. The average molecular weight is 378 g/mol. The maximum absolute atomic E-state index is 13.6. The van der Waals surface area contributed by atoms with Crippen molar-refractivity contribution in [2.45, 2.75) is 25.2 Å². The first kappa shape index (κ1) is 18.9. The van der Waals surface area contributed by atoms with Gasteiger partial charge in [0.15, 0.2) is 0 Å². The number of aryl methyl sites for hydroxylation is 1. The van der Waals surface area contributed by atoms with Gasteiger partial charge in [0.05, 0.1) is 19.2 Å². The van der Waals surface area contributed by atoms with E-state index in [0.29, 0.717) is 11.3 Å². The van der Waals surface area contributed by atoms with Crippen LogP contribution < -0.4 is 4.74 Å². The highest BCUT2D eigenvalue weighted by Gasteiger charge is 2.63. The molecule has 1 aliphatic rings. The van der Waals surface area contributed by atoms with Crippen molar-refractivity contribution in [3.05, 3.63) is 65.2 Å². The van der Waals surface area contributed by atoms with Crippen molar-refractivity contribution in [1.82, 2.24) is 5.01 Å². The Balaban J connectivity index is 2.04. The molecule has 0 aromatic heterocycles. The average Bonchev–Trinajstić information content (AvgIpc) is 3.00. The molecule has 0 aliphatic carbocycles. The van der Waals surface area contributed by atoms with E-state index in [1.807, 2.05) is 6.92 Å². The summed E-state index contributed by atoms with van der Waals surface area (Å²) in [6.45, 7) is 1.84. The summed E-state index contributed by atoms with van der Waals surface area (Å²) >= 11 is 0. The first-order valence-corrected chi connectivity index (χ1v) is 8.08. The molecule has 8 heteroatoms. The summed E-state index contributed by atoms with van der Waals surface area (Å²) < 4.78 is 45.9. The molecule has 1 N–H and O–H groups in total. The Hall–Kier alpha value is -2.87. The number of ether oxygens (including phenoxy) is 1. The van der Waals surface area contributed by atoms with E-state index in [9.17, 15) is 23.1 Å². The highest BCUT2D eigenvalue weighted by atomic mass is 19.4. The summed E-state index contributed by atoms with van der Waals surface area (Å²) in [4.78, 5) is 12.7. The van der Waals surface area contributed by atoms with Crippen LogP contribution in [0.1, 0.15) is 27.9 Å². The smallest absolute Gasteiger partial charge is 0.438 e. The Morgan fingerprint density at radius 2 is 1.89 bits per heavy atom. The summed E-state index contributed by atoms with van der Waals surface area (Å²) in [5.41, 5.74) is -2.19. The number of amides is 1. The molecule has 0 radical (unpaired) electrons. The van der Waals surface area contributed by atoms with Crippen molar-refractivity contribution in [3.8, 4) is 5.75 Å². The summed E-state index contributed by atoms with van der Waals surface area (Å²) in [5.74, 6) is -0.769. The van der Waals surface area contributed by atoms with Crippen LogP contribution in [0.3, 0.4) is 0 Å². The van der Waals surface area contributed by atoms with E-state index in [4.69, 9.17) is 4.74 Å². The van der Waals surface area contributed by atoms with Crippen LogP contribution in [0, 0.1) is 6.92 Å². The minimum absolute atomic E-state index is 0.0222. The van der Waals surface area contributed by atoms with E-state index < -0.39 is 24.2 Å². The van der Waals surface area contributed by atoms with E-state index in [2.05, 4.69) is 5.10 Å². The second-order valence-corrected chi connectivity index (χ2v) is 6.25. The summed E-state index contributed by atoms with van der Waals surface area (Å²) in [6, 6.07) is 12.3. The number of alkyl halides is 3. The van der Waals surface area contributed by atoms with Crippen LogP contribution in [0.4, 0.5) is 13.2 Å². The number of methoxy groups -OCH3 is 1. The molecule has 5 nitrogen and oxygen atoms in total. The molecule has 0 saturated heterocycles. The number of benzene rings is 2. The largest absolute Gasteiger partial charge is 0.497 e. The van der Waals surface area contributed by atoms with Crippen molar-refractivity contribution >= 4 is 11.6 Å². The molecule has 3 rings (SSSR count). The minimum atomic E-state index is -5.09. The first-order chi connectivity index (χ1) is 12.7. The van der Waals surface area contributed by atoms with E-state index in [0.717, 1.165) is 5.56 Å². The lowest BCUT2D eigenvalue weighted by atomic mass is 10.00. The first-order valence-electron chi connectivity index (χ1n) is 8.08. The highest BCUT2D eigenvalue weighted by Crippen LogP contribution is 2.42. The highest BCUT2D eigenvalue weighted by molar-refractivity contribution is 6.05. The third kappa shape index (κ3) is 3.40. The zero-order chi connectivity index (χ0) is 19.8. The minimum Gasteiger partial charge on any atom is -0.497 e. The molecule has 1 heterocycles. The molecule has 0 fully saturated rings. The fourth-order valence-corrected chi connectivity index (χ4v) is 2.76. The fraction of sp³-hybridized carbons (Fsp3) is 0.263. The van der Waals surface area contributed by atoms with Gasteiger partial charge in [-0.3, -0.25) is 4.79 Å². The van der Waals surface area contributed by atoms with Crippen LogP contribution in [0.2, 0.25) is 0 Å². The molecule has 0 bridgehead atoms. The molecule has 2 aromatic carbocycles. The van der Waals surface area contributed by atoms with Gasteiger partial charge in [-0.25, -0.2) is 0 Å². The standard InChI is InChI=1S/C19H17F3N2O3/c1-12-6-8-13(9-7-12)16-11-18(26,19(20,21)22)24(23-16)17(25)14-4-3-5-15(10-14)27-2/h3-10,26H,11H2,1-2H3. The van der Waals surface area contributed by atoms with E-state index in [-0.39, 0.29) is 16.3 Å². The van der Waals surface area contributed by atoms with Gasteiger partial charge in [-0.05, 0) is 30.7 Å². The number of hydrogen-bond acceptors (Lipinski definition) is 4. The van der Waals surface area contributed by atoms with Gasteiger partial charge < -0.3 is 9.84 Å². The van der Waals surface area contributed by atoms with Crippen molar-refractivity contribution in [3.63, 3.8) is 0 Å². The van der Waals surface area contributed by atoms with E-state index in [1.165, 1.54) is 25.3 Å². The zero-order valence-corrected chi connectivity index (χ0v) is 14.6. The van der Waals surface area contributed by atoms with Gasteiger partial charge >= 0.3 is 6.18 Å². The van der Waals surface area contributed by atoms with Gasteiger partial charge in [-0.1, -0.05) is 35.9 Å². The Bertz CT molecular complexity index is 894. The fourth-order valence-electron chi connectivity index (χ4n) is 2.76. The van der Waals surface area contributed by atoms with Crippen molar-refractivity contribution in [2.75, 3.05) is 7.11 Å². The Kier molecular flexibility index (Phi) is 4.69. The number of carbonyl (C=O) groups excluding carboxylic acids is 1. The number of halogens is 3. The van der Waals surface area contributed by atoms with Gasteiger partial charge in [0, 0.05) is 5.56 Å². The molecule has 27 heavy (non-hydrogen) atoms. The van der Waals surface area contributed by atoms with Gasteiger partial charge in [-0.15, -0.1) is 0 Å². The van der Waals surface area contributed by atoms with Crippen molar-refractivity contribution < 1.29 is 27.8 Å². The molecule has 1 atom stereocenters. The third-order valence-electron chi connectivity index (χ3n) is 4.33. The molecule has 2 aromatic rings. The monoisotopic (exact) mass is 378 g/mol. The Labute approximate surface area is 153 Å². The van der Waals surface area contributed by atoms with Gasteiger partial charge in [0.2, 0.25) is 0 Å². The topological polar surface area (TPSA) is 62.1 Å². The van der Waals surface area contributed by atoms with Crippen LogP contribution >= 0.6 is 0 Å². The number of rotatable bonds is 3. The molecular formula is C19H17F3N2O3. The molecule has 1 amide bonds. The lowest BCUT2D eigenvalue weighted by Gasteiger charge is -2.32. The number of aliphatic hydroxyl groups is 1. The maximum Gasteiger partial charge on any atom is 0.438 e. The van der Waals surface area contributed by atoms with Crippen molar-refractivity contribution in [2.24, 2.45) is 5.10 Å². The number of carbonyl (C=O) groups is 1. The lowest BCUT2D eigenvalue weighted by Crippen LogP contribution is -2.56. The van der Waals surface area contributed by atoms with E-state index >= 15 is 0 Å². The van der Waals surface area contributed by atoms with Gasteiger partial charge in [-0.2, -0.15) is 23.3 Å². The molecule has 1 aliphatic heterocycles. The lowest BCUT2D eigenvalue weighted by molar-refractivity contribution is -0.297. The van der Waals surface area contributed by atoms with Gasteiger partial charge in [0.25, 0.3) is 11.6 Å². The summed E-state index contributed by atoms with van der Waals surface area (Å²) in [6.07, 6.45) is -5.94. The number of nitrogens with zero attached hydrogens (tertiary/aromatic N) is 2. The molecule has 0 spiro atoms. The third-order valence-corrected chi connectivity index (χ3v) is 4.33. The molecule has 142 valence electrons. The normalized spacial score (nSPS) is 19.8. The molecule has 1 unspecified atom stereocenters. The van der Waals surface area contributed by atoms with Crippen LogP contribution in [-0.2, 0) is 0 Å². The predicted octanol–water partition coefficient (Wildman–Crippen LogP) is 3.50. The van der Waals surface area contributed by atoms with Crippen LogP contribution in [-0.4, -0.2) is 40.7 Å². The van der Waals surface area contributed by atoms with Crippen molar-refractivity contribution in [1.29, 1.82) is 0 Å². The Morgan fingerprint density at radius 1 is 1.22 bits per heavy atom. The van der Waals surface area contributed by atoms with Crippen LogP contribution in [0.15, 0.2) is 53.6 Å². The molecular weight excluding hydrogens is 361 g/mol. The quantitative estimate of drug-likeness (QED) is 0.889. The van der Waals surface area contributed by atoms with Gasteiger partial charge in [0.1, 0.15) is 5.75 Å². The second-order valence-electron chi connectivity index (χ2n) is 6.25. The zero-order valence-electron chi connectivity index (χ0n) is 14.6. The summed E-state index contributed by atoms with van der Waals surface area (Å²) in [7, 11) is 1.37. The number of hydrogen-bond donors (Lipinski definition) is 1. The summed E-state index contributed by atoms with van der Waals surface area (Å²) in [5, 5.41) is 14.3. The van der Waals surface area contributed by atoms with Crippen LogP contribution in [0.25, 0.3) is 0 Å². The van der Waals surface area contributed by atoms with Crippen LogP contribution in [0.5, 0.6) is 5.75 Å². The van der Waals surface area contributed by atoms with E-state index in [1.54, 1.807) is 30.3 Å². The Morgan fingerprint density at radius 3 is 2.48 bits per heavy atom.